The van der Waals surface area contributed by atoms with Crippen molar-refractivity contribution in [2.45, 2.75) is 6.16 Å². The van der Waals surface area contributed by atoms with Crippen LogP contribution in [0.4, 0.5) is 0 Å². The first kappa shape index (κ1) is 14.7. The molecule has 3 heteroatoms. The molecule has 0 aliphatic carbocycles. The topological polar surface area (TPSA) is 3.24 Å². The van der Waals surface area contributed by atoms with Gasteiger partial charge < -0.3 is 0 Å². The van der Waals surface area contributed by atoms with Gasteiger partial charge in [-0.25, -0.2) is 0 Å². The van der Waals surface area contributed by atoms with Gasteiger partial charge in [0.15, 0.2) is 0 Å². The van der Waals surface area contributed by atoms with E-state index in [1.54, 1.807) is 0 Å². The first-order valence-electron chi connectivity index (χ1n) is 6.43. The van der Waals surface area contributed by atoms with Crippen LogP contribution in [-0.2, 0) is 6.16 Å². The van der Waals surface area contributed by atoms with Gasteiger partial charge in [-0.15, -0.1) is 0 Å². The molecule has 2 rings (SSSR count). The Bertz CT molecular complexity index is 537. The summed E-state index contributed by atoms with van der Waals surface area (Å²) in [7, 11) is 4.34. The van der Waals surface area contributed by atoms with Gasteiger partial charge in [0.25, 0.3) is 0 Å². The number of halogens is 1. The van der Waals surface area contributed by atoms with E-state index in [-0.39, 0.29) is 0 Å². The summed E-state index contributed by atoms with van der Waals surface area (Å²) < 4.78 is 2.37. The zero-order valence-corrected chi connectivity index (χ0v) is 14.2. The second-order valence-corrected chi connectivity index (χ2v) is 15.9. The van der Waals surface area contributed by atoms with Crippen molar-refractivity contribution in [2.24, 2.45) is 0 Å². The Kier molecular flexibility index (Phi) is 4.15. The molecule has 0 amide bonds. The summed E-state index contributed by atoms with van der Waals surface area (Å²) in [6.07, 6.45) is 1.03. The first-order valence-corrected chi connectivity index (χ1v) is 11.3. The third-order valence-electron chi connectivity index (χ3n) is 3.84. The Morgan fingerprint density at radius 3 is 1.84 bits per heavy atom. The van der Waals surface area contributed by atoms with Crippen molar-refractivity contribution in [1.29, 1.82) is 0 Å². The van der Waals surface area contributed by atoms with Gasteiger partial charge in [0.05, 0.1) is 0 Å². The van der Waals surface area contributed by atoms with E-state index in [1.807, 2.05) is 0 Å². The molecule has 0 bridgehead atoms. The fraction of sp³-hybridized carbons (Fsp3) is 0.250. The quantitative estimate of drug-likeness (QED) is 0.743. The number of hydrogen-bond acceptors (Lipinski definition) is 1. The van der Waals surface area contributed by atoms with E-state index in [0.717, 1.165) is 6.16 Å². The molecule has 0 fully saturated rings. The van der Waals surface area contributed by atoms with Crippen LogP contribution in [0.15, 0.2) is 60.7 Å². The van der Waals surface area contributed by atoms with E-state index in [4.69, 9.17) is 0 Å². The Labute approximate surface area is 124 Å². The van der Waals surface area contributed by atoms with E-state index in [9.17, 15) is 0 Å². The molecule has 102 valence electrons. The van der Waals surface area contributed by atoms with E-state index in [0.29, 0.717) is 0 Å². The van der Waals surface area contributed by atoms with Crippen molar-refractivity contribution in [3.05, 3.63) is 66.2 Å². The van der Waals surface area contributed by atoms with Gasteiger partial charge in [0.1, 0.15) is 0 Å². The minimum atomic E-state index is -2.28. The van der Waals surface area contributed by atoms with E-state index in [1.165, 1.54) is 10.9 Å². The SMILES string of the molecule is CN(C)P(C)(Br)(Cc1ccccc1)c1ccccc1. The molecule has 0 heterocycles. The van der Waals surface area contributed by atoms with E-state index < -0.39 is 5.46 Å². The zero-order valence-electron chi connectivity index (χ0n) is 11.8. The molecule has 19 heavy (non-hydrogen) atoms. The Morgan fingerprint density at radius 1 is 0.895 bits per heavy atom. The van der Waals surface area contributed by atoms with Crippen LogP contribution in [0.3, 0.4) is 0 Å². The molecule has 0 aliphatic rings. The molecule has 0 aliphatic heterocycles. The van der Waals surface area contributed by atoms with Crippen LogP contribution in [0.1, 0.15) is 5.56 Å². The molecule has 1 nitrogen and oxygen atoms in total. The summed E-state index contributed by atoms with van der Waals surface area (Å²) in [4.78, 5) is 0. The molecular weight excluding hydrogens is 317 g/mol. The average Bonchev–Trinajstić information content (AvgIpc) is 2.40. The van der Waals surface area contributed by atoms with Gasteiger partial charge in [-0.1, -0.05) is 0 Å². The number of hydrogen-bond donors (Lipinski definition) is 0. The second-order valence-electron chi connectivity index (χ2n) is 5.41. The monoisotopic (exact) mass is 337 g/mol. The van der Waals surface area contributed by atoms with Crippen molar-refractivity contribution < 1.29 is 0 Å². The molecule has 0 atom stereocenters. The maximum atomic E-state index is 4.16. The van der Waals surface area contributed by atoms with Crippen molar-refractivity contribution in [2.75, 3.05) is 20.8 Å². The average molecular weight is 338 g/mol. The molecule has 2 aromatic rings. The van der Waals surface area contributed by atoms with Crippen LogP contribution in [-0.4, -0.2) is 25.4 Å². The normalized spacial score (nSPS) is 14.1. The van der Waals surface area contributed by atoms with E-state index in [2.05, 4.69) is 102 Å². The molecule has 2 aromatic carbocycles. The molecule has 0 aromatic heterocycles. The van der Waals surface area contributed by atoms with Crippen LogP contribution in [0.2, 0.25) is 0 Å². The Balaban J connectivity index is 2.49. The third-order valence-corrected chi connectivity index (χ3v) is 12.5. The number of rotatable bonds is 4. The Hall–Kier alpha value is -0.690. The van der Waals surface area contributed by atoms with Crippen molar-refractivity contribution >= 4 is 26.3 Å². The summed E-state index contributed by atoms with van der Waals surface area (Å²) in [5.41, 5.74) is -0.912. The van der Waals surface area contributed by atoms with Gasteiger partial charge in [-0.3, -0.25) is 0 Å². The van der Waals surface area contributed by atoms with Crippen LogP contribution < -0.4 is 5.30 Å². The number of nitrogens with zero attached hydrogens (tertiary/aromatic N) is 1. The summed E-state index contributed by atoms with van der Waals surface area (Å²) in [6.45, 7) is 2.37. The van der Waals surface area contributed by atoms with Gasteiger partial charge in [0, 0.05) is 0 Å². The van der Waals surface area contributed by atoms with Gasteiger partial charge in [0.2, 0.25) is 0 Å². The molecule has 0 unspecified atom stereocenters. The zero-order chi connectivity index (χ0) is 14.0. The number of benzene rings is 2. The fourth-order valence-electron chi connectivity index (χ4n) is 2.28. The minimum absolute atomic E-state index is 1.03. The molecule has 0 radical (unpaired) electrons. The Morgan fingerprint density at radius 2 is 1.37 bits per heavy atom. The second kappa shape index (κ2) is 5.36. The molecule has 0 spiro atoms. The molecule has 0 N–H and O–H groups in total. The van der Waals surface area contributed by atoms with Gasteiger partial charge >= 0.3 is 124 Å². The van der Waals surface area contributed by atoms with Crippen LogP contribution in [0, 0.1) is 0 Å². The summed E-state index contributed by atoms with van der Waals surface area (Å²) in [5, 5.41) is 1.39. The molecular formula is C16H21BrNP. The van der Waals surface area contributed by atoms with Crippen molar-refractivity contribution in [1.82, 2.24) is 4.67 Å². The van der Waals surface area contributed by atoms with Crippen LogP contribution in [0.5, 0.6) is 0 Å². The van der Waals surface area contributed by atoms with Gasteiger partial charge in [-0.2, -0.15) is 0 Å². The predicted octanol–water partition coefficient (Wildman–Crippen LogP) is 4.48. The van der Waals surface area contributed by atoms with Crippen LogP contribution in [0.25, 0.3) is 0 Å². The van der Waals surface area contributed by atoms with Crippen molar-refractivity contribution in [3.8, 4) is 0 Å². The standard InChI is InChI=1S/C16H21BrNP/c1-18(2)19(3,17,16-12-8-5-9-13-16)14-15-10-6-4-7-11-15/h4-13H,14H2,1-3H3. The van der Waals surface area contributed by atoms with E-state index >= 15 is 0 Å². The molecule has 0 saturated heterocycles. The third kappa shape index (κ3) is 2.91. The summed E-state index contributed by atoms with van der Waals surface area (Å²) >= 11 is 4.16. The molecule has 0 saturated carbocycles. The summed E-state index contributed by atoms with van der Waals surface area (Å²) in [6, 6.07) is 21.5. The van der Waals surface area contributed by atoms with Crippen molar-refractivity contribution in [3.63, 3.8) is 0 Å². The maximum absolute atomic E-state index is 4.16. The van der Waals surface area contributed by atoms with Crippen LogP contribution >= 0.6 is 20.9 Å². The summed E-state index contributed by atoms with van der Waals surface area (Å²) in [5.74, 6) is 0. The van der Waals surface area contributed by atoms with Gasteiger partial charge in [-0.05, 0) is 0 Å². The predicted molar refractivity (Wildman–Crippen MR) is 91.7 cm³/mol. The first-order chi connectivity index (χ1) is 8.92. The fourth-order valence-corrected chi connectivity index (χ4v) is 6.77.